The van der Waals surface area contributed by atoms with E-state index in [2.05, 4.69) is 5.32 Å². The van der Waals surface area contributed by atoms with Gasteiger partial charge in [-0.25, -0.2) is 0 Å². The van der Waals surface area contributed by atoms with E-state index < -0.39 is 6.04 Å². The van der Waals surface area contributed by atoms with E-state index in [-0.39, 0.29) is 30.8 Å². The Morgan fingerprint density at radius 1 is 0.824 bits per heavy atom. The van der Waals surface area contributed by atoms with Crippen molar-refractivity contribution < 1.29 is 9.59 Å². The quantitative estimate of drug-likeness (QED) is 0.359. The van der Waals surface area contributed by atoms with Crippen LogP contribution in [0.2, 0.25) is 15.1 Å². The maximum absolute atomic E-state index is 13.6. The molecule has 1 atom stereocenters. The molecule has 0 aromatic heterocycles. The van der Waals surface area contributed by atoms with Crippen LogP contribution in [0.4, 0.5) is 0 Å². The molecule has 0 heterocycles. The van der Waals surface area contributed by atoms with Gasteiger partial charge in [-0.15, -0.1) is 0 Å². The largest absolute Gasteiger partial charge is 0.352 e. The fourth-order valence-corrected chi connectivity index (χ4v) is 4.09. The number of hydrogen-bond acceptors (Lipinski definition) is 2. The summed E-state index contributed by atoms with van der Waals surface area (Å²) in [5, 5.41) is 4.41. The number of amides is 2. The van der Waals surface area contributed by atoms with E-state index in [1.165, 1.54) is 0 Å². The smallest absolute Gasteiger partial charge is 0.243 e. The molecule has 1 N–H and O–H groups in total. The number of nitrogens with one attached hydrogen (secondary N) is 1. The van der Waals surface area contributed by atoms with Gasteiger partial charge in [0.2, 0.25) is 11.8 Å². The predicted molar refractivity (Wildman–Crippen MR) is 139 cm³/mol. The number of halogens is 3. The molecule has 7 heteroatoms. The van der Waals surface area contributed by atoms with Crippen molar-refractivity contribution in [3.63, 3.8) is 0 Å². The zero-order chi connectivity index (χ0) is 24.7. The monoisotopic (exact) mass is 516 g/mol. The third-order valence-electron chi connectivity index (χ3n) is 5.31. The summed E-state index contributed by atoms with van der Waals surface area (Å²) in [6, 6.07) is 21.3. The van der Waals surface area contributed by atoms with E-state index in [0.29, 0.717) is 21.5 Å². The SMILES string of the molecule is CC(C)NC(=O)C(Cc1ccccc1)N(Cc1ccc(Cl)c(Cl)c1)C(=O)Cc1ccc(Cl)cc1. The molecular formula is C27H27Cl3N2O2. The molecule has 4 nitrogen and oxygen atoms in total. The van der Waals surface area contributed by atoms with Crippen LogP contribution < -0.4 is 5.32 Å². The molecule has 0 aliphatic rings. The van der Waals surface area contributed by atoms with Gasteiger partial charge in [0.15, 0.2) is 0 Å². The van der Waals surface area contributed by atoms with Crippen LogP contribution in [0.3, 0.4) is 0 Å². The molecule has 3 aromatic carbocycles. The third kappa shape index (κ3) is 7.49. The van der Waals surface area contributed by atoms with Gasteiger partial charge in [-0.05, 0) is 54.8 Å². The van der Waals surface area contributed by atoms with E-state index in [9.17, 15) is 9.59 Å². The second kappa shape index (κ2) is 12.3. The summed E-state index contributed by atoms with van der Waals surface area (Å²) in [7, 11) is 0. The number of rotatable bonds is 9. The highest BCUT2D eigenvalue weighted by molar-refractivity contribution is 6.42. The maximum Gasteiger partial charge on any atom is 0.243 e. The minimum Gasteiger partial charge on any atom is -0.352 e. The van der Waals surface area contributed by atoms with Gasteiger partial charge < -0.3 is 10.2 Å². The Bertz CT molecular complexity index is 1120. The summed E-state index contributed by atoms with van der Waals surface area (Å²) in [4.78, 5) is 28.6. The molecule has 0 bridgehead atoms. The molecule has 0 saturated carbocycles. The Hall–Kier alpha value is -2.53. The molecule has 1 unspecified atom stereocenters. The Labute approximate surface area is 215 Å². The van der Waals surface area contributed by atoms with Crippen molar-refractivity contribution in [2.45, 2.75) is 45.3 Å². The lowest BCUT2D eigenvalue weighted by Crippen LogP contribution is -2.52. The number of carbonyl (C=O) groups excluding carboxylic acids is 2. The Kier molecular flexibility index (Phi) is 9.40. The summed E-state index contributed by atoms with van der Waals surface area (Å²) in [6.07, 6.45) is 0.520. The normalized spacial score (nSPS) is 11.8. The van der Waals surface area contributed by atoms with Crippen LogP contribution >= 0.6 is 34.8 Å². The zero-order valence-electron chi connectivity index (χ0n) is 19.1. The van der Waals surface area contributed by atoms with Crippen LogP contribution in [0.25, 0.3) is 0 Å². The summed E-state index contributed by atoms with van der Waals surface area (Å²) in [5.74, 6) is -0.378. The molecule has 0 aliphatic carbocycles. The zero-order valence-corrected chi connectivity index (χ0v) is 21.4. The van der Waals surface area contributed by atoms with Crippen LogP contribution in [0.15, 0.2) is 72.8 Å². The van der Waals surface area contributed by atoms with Crippen molar-refractivity contribution >= 4 is 46.6 Å². The van der Waals surface area contributed by atoms with Gasteiger partial charge >= 0.3 is 0 Å². The number of carbonyl (C=O) groups is 2. The lowest BCUT2D eigenvalue weighted by molar-refractivity contribution is -0.141. The van der Waals surface area contributed by atoms with E-state index in [1.807, 2.05) is 62.4 Å². The fraction of sp³-hybridized carbons (Fsp3) is 0.259. The molecule has 2 amide bonds. The van der Waals surface area contributed by atoms with Gasteiger partial charge in [0.05, 0.1) is 16.5 Å². The van der Waals surface area contributed by atoms with Gasteiger partial charge in [-0.3, -0.25) is 9.59 Å². The van der Waals surface area contributed by atoms with Crippen molar-refractivity contribution in [2.75, 3.05) is 0 Å². The summed E-state index contributed by atoms with van der Waals surface area (Å²) < 4.78 is 0. The molecule has 0 fully saturated rings. The van der Waals surface area contributed by atoms with Crippen LogP contribution in [-0.2, 0) is 29.0 Å². The van der Waals surface area contributed by atoms with Gasteiger partial charge in [0, 0.05) is 24.0 Å². The first-order valence-corrected chi connectivity index (χ1v) is 12.2. The van der Waals surface area contributed by atoms with Crippen molar-refractivity contribution in [1.82, 2.24) is 10.2 Å². The van der Waals surface area contributed by atoms with Crippen LogP contribution in [-0.4, -0.2) is 28.8 Å². The fourth-order valence-electron chi connectivity index (χ4n) is 3.65. The van der Waals surface area contributed by atoms with Gasteiger partial charge in [-0.1, -0.05) is 83.3 Å². The average Bonchev–Trinajstić information content (AvgIpc) is 2.80. The summed E-state index contributed by atoms with van der Waals surface area (Å²) in [5.41, 5.74) is 2.57. The van der Waals surface area contributed by atoms with Gasteiger partial charge in [0.25, 0.3) is 0 Å². The maximum atomic E-state index is 13.6. The lowest BCUT2D eigenvalue weighted by Gasteiger charge is -2.32. The number of hydrogen-bond donors (Lipinski definition) is 1. The number of benzene rings is 3. The highest BCUT2D eigenvalue weighted by Gasteiger charge is 2.30. The minimum absolute atomic E-state index is 0.0658. The highest BCUT2D eigenvalue weighted by atomic mass is 35.5. The van der Waals surface area contributed by atoms with Crippen molar-refractivity contribution in [3.8, 4) is 0 Å². The number of nitrogens with zero attached hydrogens (tertiary/aromatic N) is 1. The second-order valence-corrected chi connectivity index (χ2v) is 9.69. The molecule has 178 valence electrons. The van der Waals surface area contributed by atoms with E-state index in [1.54, 1.807) is 29.2 Å². The lowest BCUT2D eigenvalue weighted by atomic mass is 10.0. The Balaban J connectivity index is 1.98. The molecular weight excluding hydrogens is 491 g/mol. The molecule has 0 aliphatic heterocycles. The van der Waals surface area contributed by atoms with Gasteiger partial charge in [0.1, 0.15) is 6.04 Å². The minimum atomic E-state index is -0.709. The molecule has 34 heavy (non-hydrogen) atoms. The Morgan fingerprint density at radius 2 is 1.47 bits per heavy atom. The summed E-state index contributed by atoms with van der Waals surface area (Å²) in [6.45, 7) is 4.01. The van der Waals surface area contributed by atoms with Crippen molar-refractivity contribution in [3.05, 3.63) is 105 Å². The Morgan fingerprint density at radius 3 is 2.09 bits per heavy atom. The third-order valence-corrected chi connectivity index (χ3v) is 6.30. The topological polar surface area (TPSA) is 49.4 Å². The van der Waals surface area contributed by atoms with E-state index >= 15 is 0 Å². The first-order chi connectivity index (χ1) is 16.2. The van der Waals surface area contributed by atoms with Crippen molar-refractivity contribution in [2.24, 2.45) is 0 Å². The molecule has 0 radical (unpaired) electrons. The van der Waals surface area contributed by atoms with Gasteiger partial charge in [-0.2, -0.15) is 0 Å². The van der Waals surface area contributed by atoms with Crippen molar-refractivity contribution in [1.29, 1.82) is 0 Å². The predicted octanol–water partition coefficient (Wildman–Crippen LogP) is 6.35. The second-order valence-electron chi connectivity index (χ2n) is 8.44. The first kappa shape index (κ1) is 26.1. The molecule has 3 aromatic rings. The van der Waals surface area contributed by atoms with Crippen LogP contribution in [0, 0.1) is 0 Å². The summed E-state index contributed by atoms with van der Waals surface area (Å²) >= 11 is 18.3. The average molecular weight is 518 g/mol. The standard InChI is InChI=1S/C27H27Cl3N2O2/c1-18(2)31-27(34)25(15-19-6-4-3-5-7-19)32(17-21-10-13-23(29)24(30)14-21)26(33)16-20-8-11-22(28)12-9-20/h3-14,18,25H,15-17H2,1-2H3,(H,31,34). The molecule has 0 spiro atoms. The highest BCUT2D eigenvalue weighted by Crippen LogP contribution is 2.25. The van der Waals surface area contributed by atoms with Crippen LogP contribution in [0.5, 0.6) is 0 Å². The molecule has 0 saturated heterocycles. The van der Waals surface area contributed by atoms with E-state index in [0.717, 1.165) is 16.7 Å². The first-order valence-electron chi connectivity index (χ1n) is 11.0. The van der Waals surface area contributed by atoms with Crippen LogP contribution in [0.1, 0.15) is 30.5 Å². The van der Waals surface area contributed by atoms with E-state index in [4.69, 9.17) is 34.8 Å². The molecule has 3 rings (SSSR count).